The van der Waals surface area contributed by atoms with Crippen molar-refractivity contribution in [2.75, 3.05) is 14.7 Å². The zero-order chi connectivity index (χ0) is 48.4. The van der Waals surface area contributed by atoms with Gasteiger partial charge in [-0.15, -0.1) is 0 Å². The summed E-state index contributed by atoms with van der Waals surface area (Å²) in [7, 11) is 0. The molecular formula is C69H53BN4. The number of rotatable bonds is 7. The average molecular weight is 949 g/mol. The van der Waals surface area contributed by atoms with E-state index >= 15 is 0 Å². The Kier molecular flexibility index (Phi) is 9.37. The van der Waals surface area contributed by atoms with Crippen molar-refractivity contribution in [3.05, 3.63) is 237 Å². The molecule has 0 unspecified atom stereocenters. The van der Waals surface area contributed by atoms with E-state index in [-0.39, 0.29) is 6.71 Å². The molecule has 0 radical (unpaired) electrons. The molecule has 4 bridgehead atoms. The van der Waals surface area contributed by atoms with Crippen molar-refractivity contribution >= 4 is 84.7 Å². The fourth-order valence-corrected chi connectivity index (χ4v) is 14.7. The first kappa shape index (κ1) is 42.0. The lowest BCUT2D eigenvalue weighted by Gasteiger charge is -2.57. The maximum Gasteiger partial charge on any atom is 0.252 e. The molecule has 0 amide bonds. The lowest BCUT2D eigenvalue weighted by atomic mass is 9.33. The Labute approximate surface area is 433 Å². The number of anilines is 7. The highest BCUT2D eigenvalue weighted by molar-refractivity contribution is 7.00. The molecule has 5 heterocycles. The molecule has 17 rings (SSSR count). The van der Waals surface area contributed by atoms with Crippen LogP contribution in [0.15, 0.2) is 237 Å². The third-order valence-electron chi connectivity index (χ3n) is 17.6. The van der Waals surface area contributed by atoms with Crippen molar-refractivity contribution in [2.45, 2.75) is 44.2 Å². The van der Waals surface area contributed by atoms with Crippen LogP contribution in [0.3, 0.4) is 0 Å². The minimum atomic E-state index is -0.0297. The van der Waals surface area contributed by atoms with Gasteiger partial charge < -0.3 is 19.3 Å². The van der Waals surface area contributed by atoms with Gasteiger partial charge in [-0.25, -0.2) is 0 Å². The summed E-state index contributed by atoms with van der Waals surface area (Å²) < 4.78 is 2.52. The van der Waals surface area contributed by atoms with Gasteiger partial charge in [-0.05, 0) is 160 Å². The van der Waals surface area contributed by atoms with Gasteiger partial charge in [0.05, 0.1) is 16.7 Å². The number of hydrogen-bond donors (Lipinski definition) is 0. The van der Waals surface area contributed by atoms with E-state index < -0.39 is 0 Å². The molecule has 2 saturated heterocycles. The summed E-state index contributed by atoms with van der Waals surface area (Å²) in [5.41, 5.74) is 23.3. The summed E-state index contributed by atoms with van der Waals surface area (Å²) in [6.45, 7) is -0.0297. The lowest BCUT2D eigenvalue weighted by Crippen LogP contribution is -2.61. The highest BCUT2D eigenvalue weighted by Crippen LogP contribution is 2.53. The number of hydrogen-bond acceptors (Lipinski definition) is 3. The highest BCUT2D eigenvalue weighted by Gasteiger charge is 2.48. The molecule has 0 spiro atoms. The number of piperidine rings is 2. The van der Waals surface area contributed by atoms with Crippen LogP contribution in [-0.2, 0) is 0 Å². The predicted molar refractivity (Wildman–Crippen MR) is 311 cm³/mol. The van der Waals surface area contributed by atoms with E-state index in [1.807, 2.05) is 0 Å². The summed E-state index contributed by atoms with van der Waals surface area (Å²) in [5, 5.41) is 2.51. The quantitative estimate of drug-likeness (QED) is 0.148. The van der Waals surface area contributed by atoms with Crippen molar-refractivity contribution in [3.63, 3.8) is 0 Å². The van der Waals surface area contributed by atoms with E-state index in [0.29, 0.717) is 12.1 Å². The molecule has 4 aliphatic heterocycles. The Morgan fingerprint density at radius 1 is 0.311 bits per heavy atom. The topological polar surface area (TPSA) is 14.7 Å². The molecule has 6 aliphatic rings. The molecule has 11 aromatic rings. The van der Waals surface area contributed by atoms with Crippen LogP contribution in [0.25, 0.3) is 60.9 Å². The Morgan fingerprint density at radius 2 is 0.757 bits per heavy atom. The Bertz CT molecular complexity index is 3910. The van der Waals surface area contributed by atoms with Gasteiger partial charge in [-0.1, -0.05) is 170 Å². The van der Waals surface area contributed by atoms with E-state index in [0.717, 1.165) is 28.9 Å². The maximum atomic E-state index is 2.88. The SMILES string of the molecule is c1ccc(-c2ccc(N3c4cc(N5C6CC7CC(C6)CC5C7)ccc4B4c5ccc(-c6ccccc6)cc5N(c5cccc(-c6ccccc6)c5)c5cc(-n6c7ccccc7c7ccccc76)cc3c54)cc2)cc1. The second-order valence-corrected chi connectivity index (χ2v) is 21.7. The van der Waals surface area contributed by atoms with Crippen LogP contribution in [0.2, 0.25) is 0 Å². The van der Waals surface area contributed by atoms with Gasteiger partial charge in [0, 0.05) is 62.7 Å². The molecule has 4 nitrogen and oxygen atoms in total. The van der Waals surface area contributed by atoms with E-state index in [9.17, 15) is 0 Å². The van der Waals surface area contributed by atoms with Crippen LogP contribution in [0.4, 0.5) is 39.8 Å². The number of nitrogens with zero attached hydrogens (tertiary/aromatic N) is 4. The molecule has 4 fully saturated rings. The van der Waals surface area contributed by atoms with Gasteiger partial charge in [0.15, 0.2) is 0 Å². The first-order valence-corrected chi connectivity index (χ1v) is 26.9. The zero-order valence-electron chi connectivity index (χ0n) is 41.2. The number of fused-ring (bicyclic) bond motifs is 7. The van der Waals surface area contributed by atoms with E-state index in [2.05, 4.69) is 256 Å². The number of aromatic nitrogens is 1. The summed E-state index contributed by atoms with van der Waals surface area (Å²) in [6, 6.07) is 90.3. The van der Waals surface area contributed by atoms with Gasteiger partial charge in [-0.2, -0.15) is 0 Å². The first-order chi connectivity index (χ1) is 36.7. The van der Waals surface area contributed by atoms with Crippen molar-refractivity contribution in [3.8, 4) is 39.1 Å². The van der Waals surface area contributed by atoms with Crippen LogP contribution in [0.5, 0.6) is 0 Å². The molecule has 5 heteroatoms. The summed E-state index contributed by atoms with van der Waals surface area (Å²) >= 11 is 0. The number of benzene rings is 10. The molecule has 352 valence electrons. The van der Waals surface area contributed by atoms with Gasteiger partial charge in [0.2, 0.25) is 0 Å². The predicted octanol–water partition coefficient (Wildman–Crippen LogP) is 15.6. The zero-order valence-corrected chi connectivity index (χ0v) is 41.2. The molecule has 2 aliphatic carbocycles. The fraction of sp³-hybridized carbons (Fsp3) is 0.130. The smallest absolute Gasteiger partial charge is 0.252 e. The number of para-hydroxylation sites is 2. The van der Waals surface area contributed by atoms with E-state index in [1.165, 1.54) is 132 Å². The van der Waals surface area contributed by atoms with Gasteiger partial charge in [-0.3, -0.25) is 0 Å². The largest absolute Gasteiger partial charge is 0.365 e. The molecule has 1 aromatic heterocycles. The van der Waals surface area contributed by atoms with Crippen LogP contribution in [0, 0.1) is 11.8 Å². The summed E-state index contributed by atoms with van der Waals surface area (Å²) in [6.07, 6.45) is 6.73. The van der Waals surface area contributed by atoms with Crippen molar-refractivity contribution < 1.29 is 0 Å². The average Bonchev–Trinajstić information content (AvgIpc) is 3.81. The first-order valence-electron chi connectivity index (χ1n) is 26.9. The Balaban J connectivity index is 1.00. The van der Waals surface area contributed by atoms with Crippen molar-refractivity contribution in [1.82, 2.24) is 4.57 Å². The van der Waals surface area contributed by atoms with Crippen LogP contribution >= 0.6 is 0 Å². The summed E-state index contributed by atoms with van der Waals surface area (Å²) in [4.78, 5) is 8.11. The second kappa shape index (κ2) is 16.5. The van der Waals surface area contributed by atoms with Gasteiger partial charge in [0.1, 0.15) is 0 Å². The van der Waals surface area contributed by atoms with E-state index in [1.54, 1.807) is 0 Å². The molecule has 0 N–H and O–H groups in total. The van der Waals surface area contributed by atoms with Gasteiger partial charge >= 0.3 is 0 Å². The van der Waals surface area contributed by atoms with Crippen molar-refractivity contribution in [1.29, 1.82) is 0 Å². The molecule has 74 heavy (non-hydrogen) atoms. The fourth-order valence-electron chi connectivity index (χ4n) is 14.7. The third kappa shape index (κ3) is 6.48. The Morgan fingerprint density at radius 3 is 1.36 bits per heavy atom. The monoisotopic (exact) mass is 948 g/mol. The maximum absolute atomic E-state index is 2.88. The van der Waals surface area contributed by atoms with E-state index in [4.69, 9.17) is 0 Å². The molecule has 10 aromatic carbocycles. The molecular weight excluding hydrogens is 896 g/mol. The third-order valence-corrected chi connectivity index (χ3v) is 17.6. The summed E-state index contributed by atoms with van der Waals surface area (Å²) in [5.74, 6) is 1.76. The second-order valence-electron chi connectivity index (χ2n) is 21.7. The Hall–Kier alpha value is -8.54. The van der Waals surface area contributed by atoms with Crippen molar-refractivity contribution in [2.24, 2.45) is 11.8 Å². The van der Waals surface area contributed by atoms with Crippen LogP contribution in [0.1, 0.15) is 32.1 Å². The molecule has 0 atom stereocenters. The standard InChI is InChI=1S/C69H53BN4/c1-4-15-47(16-5-1)50-27-30-53(31-28-50)72-66-42-55(71-56-36-45-35-46(38-56)39-57(71)37-45)32-34-62(66)70-61-33-29-52(49-19-8-3-9-20-49)41-65(61)73(54-22-14-21-51(40-54)48-17-6-2-7-18-48)68-44-58(43-67(72)69(68)70)74-63-25-12-10-23-59(63)60-24-11-13-26-64(60)74/h1-34,40-46,56-57H,35-39H2. The minimum Gasteiger partial charge on any atom is -0.365 e. The minimum absolute atomic E-state index is 0.0297. The highest BCUT2D eigenvalue weighted by atomic mass is 15.2. The van der Waals surface area contributed by atoms with Crippen LogP contribution < -0.4 is 31.1 Å². The lowest BCUT2D eigenvalue weighted by molar-refractivity contribution is 0.0900. The van der Waals surface area contributed by atoms with Crippen LogP contribution in [-0.4, -0.2) is 23.4 Å². The molecule has 2 saturated carbocycles. The van der Waals surface area contributed by atoms with Gasteiger partial charge in [0.25, 0.3) is 6.71 Å². The normalized spacial score (nSPS) is 19.0.